The first-order valence-corrected chi connectivity index (χ1v) is 6.93. The quantitative estimate of drug-likeness (QED) is 0.843. The number of alkyl halides is 1. The Hall–Kier alpha value is -0.870. The molecule has 0 aliphatic carbocycles. The van der Waals surface area contributed by atoms with Crippen molar-refractivity contribution in [3.05, 3.63) is 34.3 Å². The highest BCUT2D eigenvalue weighted by atomic mass is 79.9. The molecule has 3 nitrogen and oxygen atoms in total. The molecule has 0 fully saturated rings. The Balaban J connectivity index is 3.19. The van der Waals surface area contributed by atoms with Crippen LogP contribution in [0.15, 0.2) is 28.7 Å². The Morgan fingerprint density at radius 1 is 1.44 bits per heavy atom. The van der Waals surface area contributed by atoms with Gasteiger partial charge in [-0.05, 0) is 24.6 Å². The lowest BCUT2D eigenvalue weighted by Crippen LogP contribution is -2.49. The van der Waals surface area contributed by atoms with Gasteiger partial charge >= 0.3 is 0 Å². The number of rotatable bonds is 5. The van der Waals surface area contributed by atoms with Gasteiger partial charge in [0.1, 0.15) is 11.4 Å². The number of halogens is 2. The third kappa shape index (κ3) is 3.33. The maximum atomic E-state index is 12.1. The molecule has 1 rings (SSSR count). The minimum Gasteiger partial charge on any atom is -0.339 e. The summed E-state index contributed by atoms with van der Waals surface area (Å²) in [5, 5.41) is 2.70. The van der Waals surface area contributed by atoms with Crippen molar-refractivity contribution >= 4 is 39.2 Å². The normalized spacial score (nSPS) is 13.8. The molecule has 98 valence electrons. The lowest BCUT2D eigenvalue weighted by Gasteiger charge is -2.29. The highest BCUT2D eigenvalue weighted by Crippen LogP contribution is 2.26. The van der Waals surface area contributed by atoms with Gasteiger partial charge in [0.2, 0.25) is 5.91 Å². The van der Waals surface area contributed by atoms with E-state index >= 15 is 0 Å². The lowest BCUT2D eigenvalue weighted by molar-refractivity contribution is -0.130. The van der Waals surface area contributed by atoms with E-state index in [4.69, 9.17) is 11.6 Å². The topological polar surface area (TPSA) is 46.2 Å². The maximum Gasteiger partial charge on any atom is 0.235 e. The fourth-order valence-corrected chi connectivity index (χ4v) is 2.23. The molecule has 1 amide bonds. The second-order valence-electron chi connectivity index (χ2n) is 4.09. The van der Waals surface area contributed by atoms with Crippen LogP contribution in [0.4, 0.5) is 0 Å². The summed E-state index contributed by atoms with van der Waals surface area (Å²) in [6.07, 6.45) is 0.339. The molecule has 1 atom stereocenters. The summed E-state index contributed by atoms with van der Waals surface area (Å²) >= 11 is 8.85. The molecular weight excluding hydrogens is 318 g/mol. The van der Waals surface area contributed by atoms with Crippen LogP contribution in [0.3, 0.4) is 0 Å². The van der Waals surface area contributed by atoms with Gasteiger partial charge in [0.15, 0.2) is 5.78 Å². The summed E-state index contributed by atoms with van der Waals surface area (Å²) in [6, 6.07) is 7.33. The molecule has 0 saturated carbocycles. The number of benzene rings is 1. The minimum atomic E-state index is -1.04. The van der Waals surface area contributed by atoms with Crippen molar-refractivity contribution < 1.29 is 9.59 Å². The highest BCUT2D eigenvalue weighted by molar-refractivity contribution is 9.10. The van der Waals surface area contributed by atoms with Crippen molar-refractivity contribution in [3.8, 4) is 0 Å². The molecule has 18 heavy (non-hydrogen) atoms. The predicted molar refractivity (Wildman–Crippen MR) is 75.7 cm³/mol. The first kappa shape index (κ1) is 15.2. The standard InChI is InChI=1S/C13H15BrClNO2/c1-3-11(17)13(2,16-12(18)8-15)9-5-4-6-10(14)7-9/h4-7H,3,8H2,1-2H3,(H,16,18). The SMILES string of the molecule is CCC(=O)C(C)(NC(=O)CCl)c1cccc(Br)c1. The molecule has 0 aliphatic rings. The van der Waals surface area contributed by atoms with Crippen LogP contribution >= 0.6 is 27.5 Å². The molecule has 1 aromatic rings. The van der Waals surface area contributed by atoms with E-state index < -0.39 is 5.54 Å². The number of Topliss-reactive ketones (excluding diaryl/α,β-unsaturated/α-hetero) is 1. The molecule has 0 aliphatic heterocycles. The largest absolute Gasteiger partial charge is 0.339 e. The van der Waals surface area contributed by atoms with Crippen LogP contribution in [0.5, 0.6) is 0 Å². The maximum absolute atomic E-state index is 12.1. The number of hydrogen-bond donors (Lipinski definition) is 1. The monoisotopic (exact) mass is 331 g/mol. The van der Waals surface area contributed by atoms with Crippen LogP contribution in [0, 0.1) is 0 Å². The Kier molecular flexibility index (Phi) is 5.35. The van der Waals surface area contributed by atoms with Gasteiger partial charge < -0.3 is 5.32 Å². The van der Waals surface area contributed by atoms with Gasteiger partial charge in [-0.2, -0.15) is 0 Å². The fourth-order valence-electron chi connectivity index (χ4n) is 1.77. The van der Waals surface area contributed by atoms with Gasteiger partial charge in [0.05, 0.1) is 0 Å². The molecule has 1 N–H and O–H groups in total. The predicted octanol–water partition coefficient (Wildman–Crippen LogP) is 3.00. The fraction of sp³-hybridized carbons (Fsp3) is 0.385. The van der Waals surface area contributed by atoms with Gasteiger partial charge in [-0.15, -0.1) is 11.6 Å². The molecule has 0 heterocycles. The van der Waals surface area contributed by atoms with Gasteiger partial charge in [0.25, 0.3) is 0 Å². The van der Waals surface area contributed by atoms with E-state index in [1.165, 1.54) is 0 Å². The lowest BCUT2D eigenvalue weighted by atomic mass is 9.86. The second-order valence-corrected chi connectivity index (χ2v) is 5.28. The molecule has 0 radical (unpaired) electrons. The van der Waals surface area contributed by atoms with Gasteiger partial charge in [0, 0.05) is 10.9 Å². The summed E-state index contributed by atoms with van der Waals surface area (Å²) in [7, 11) is 0. The molecule has 5 heteroatoms. The number of amides is 1. The average molecular weight is 333 g/mol. The van der Waals surface area contributed by atoms with E-state index in [0.717, 1.165) is 10.0 Å². The van der Waals surface area contributed by atoms with Crippen molar-refractivity contribution in [3.63, 3.8) is 0 Å². The number of ketones is 1. The van der Waals surface area contributed by atoms with Crippen LogP contribution in [0.25, 0.3) is 0 Å². The van der Waals surface area contributed by atoms with Crippen LogP contribution in [-0.2, 0) is 15.1 Å². The smallest absolute Gasteiger partial charge is 0.235 e. The number of hydrogen-bond acceptors (Lipinski definition) is 2. The van der Waals surface area contributed by atoms with Crippen LogP contribution < -0.4 is 5.32 Å². The van der Waals surface area contributed by atoms with Crippen molar-refractivity contribution in [1.82, 2.24) is 5.32 Å². The van der Waals surface area contributed by atoms with E-state index in [0.29, 0.717) is 6.42 Å². The Morgan fingerprint density at radius 3 is 2.61 bits per heavy atom. The van der Waals surface area contributed by atoms with Crippen molar-refractivity contribution in [2.45, 2.75) is 25.8 Å². The van der Waals surface area contributed by atoms with E-state index in [2.05, 4.69) is 21.2 Å². The molecular formula is C13H15BrClNO2. The van der Waals surface area contributed by atoms with E-state index in [9.17, 15) is 9.59 Å². The molecule has 0 saturated heterocycles. The van der Waals surface area contributed by atoms with E-state index in [1.807, 2.05) is 24.3 Å². The third-order valence-electron chi connectivity index (χ3n) is 2.79. The van der Waals surface area contributed by atoms with Gasteiger partial charge in [-0.1, -0.05) is 35.0 Å². The molecule has 0 spiro atoms. The Bertz CT molecular complexity index is 464. The number of nitrogens with one attached hydrogen (secondary N) is 1. The highest BCUT2D eigenvalue weighted by Gasteiger charge is 2.35. The van der Waals surface area contributed by atoms with Crippen molar-refractivity contribution in [1.29, 1.82) is 0 Å². The first-order valence-electron chi connectivity index (χ1n) is 5.60. The summed E-state index contributed by atoms with van der Waals surface area (Å²) < 4.78 is 0.857. The minimum absolute atomic E-state index is 0.0564. The van der Waals surface area contributed by atoms with E-state index in [1.54, 1.807) is 13.8 Å². The summed E-state index contributed by atoms with van der Waals surface area (Å²) in [6.45, 7) is 3.47. The number of carbonyl (C=O) groups is 2. The number of carbonyl (C=O) groups excluding carboxylic acids is 2. The van der Waals surface area contributed by atoms with E-state index in [-0.39, 0.29) is 17.6 Å². The second kappa shape index (κ2) is 6.34. The van der Waals surface area contributed by atoms with Crippen LogP contribution in [0.1, 0.15) is 25.8 Å². The first-order chi connectivity index (χ1) is 8.43. The zero-order valence-electron chi connectivity index (χ0n) is 10.3. The molecule has 1 unspecified atom stereocenters. The zero-order chi connectivity index (χ0) is 13.8. The average Bonchev–Trinajstić information content (AvgIpc) is 2.37. The summed E-state index contributed by atoms with van der Waals surface area (Å²) in [5.74, 6) is -0.583. The third-order valence-corrected chi connectivity index (χ3v) is 3.53. The van der Waals surface area contributed by atoms with Gasteiger partial charge in [-0.3, -0.25) is 9.59 Å². The van der Waals surface area contributed by atoms with Crippen molar-refractivity contribution in [2.24, 2.45) is 0 Å². The van der Waals surface area contributed by atoms with Crippen LogP contribution in [0.2, 0.25) is 0 Å². The Labute approximate surface area is 120 Å². The summed E-state index contributed by atoms with van der Waals surface area (Å²) in [5.41, 5.74) is -0.299. The van der Waals surface area contributed by atoms with Crippen molar-refractivity contribution in [2.75, 3.05) is 5.88 Å². The molecule has 1 aromatic carbocycles. The molecule has 0 bridgehead atoms. The van der Waals surface area contributed by atoms with Gasteiger partial charge in [-0.25, -0.2) is 0 Å². The summed E-state index contributed by atoms with van der Waals surface area (Å²) in [4.78, 5) is 23.6. The molecule has 0 aromatic heterocycles. The Morgan fingerprint density at radius 2 is 2.11 bits per heavy atom. The van der Waals surface area contributed by atoms with Crippen LogP contribution in [-0.4, -0.2) is 17.6 Å². The zero-order valence-corrected chi connectivity index (χ0v) is 12.6.